The molecular weight excluding hydrogens is 282 g/mol. The zero-order valence-electron chi connectivity index (χ0n) is 12.7. The number of H-pyrrole nitrogens is 1. The number of nitrogens with zero attached hydrogens (tertiary/aromatic N) is 3. The Kier molecular flexibility index (Phi) is 3.32. The zero-order chi connectivity index (χ0) is 15.9. The van der Waals surface area contributed by atoms with E-state index in [-0.39, 0.29) is 11.6 Å². The normalized spacial score (nSPS) is 11.0. The van der Waals surface area contributed by atoms with Gasteiger partial charge in [0.1, 0.15) is 0 Å². The van der Waals surface area contributed by atoms with Gasteiger partial charge in [-0.25, -0.2) is 4.79 Å². The first-order valence-corrected chi connectivity index (χ1v) is 6.92. The number of benzene rings is 1. The second-order valence-electron chi connectivity index (χ2n) is 5.28. The summed E-state index contributed by atoms with van der Waals surface area (Å²) in [4.78, 5) is 26.5. The van der Waals surface area contributed by atoms with Gasteiger partial charge in [0.05, 0.1) is 17.2 Å². The van der Waals surface area contributed by atoms with Crippen molar-refractivity contribution in [2.75, 3.05) is 0 Å². The molecule has 2 N–H and O–H groups in total. The number of aromatic amines is 1. The van der Waals surface area contributed by atoms with Gasteiger partial charge in [0.2, 0.25) is 0 Å². The number of carbonyl (C=O) groups is 1. The number of nitrogens with one attached hydrogen (secondary N) is 2. The highest BCUT2D eigenvalue weighted by Crippen LogP contribution is 2.12. The molecule has 3 rings (SSSR count). The standard InChI is InChI=1S/C15H17N5O2/c1-9-11(8-17-20(9)3)7-16-14(21)10-4-5-13-12(6-10)18-15(22)19(13)2/h4-6,8H,7H2,1-3H3,(H,16,21)(H,18,22). The maximum absolute atomic E-state index is 12.2. The van der Waals surface area contributed by atoms with Crippen molar-refractivity contribution in [1.29, 1.82) is 0 Å². The number of aryl methyl sites for hydroxylation is 2. The van der Waals surface area contributed by atoms with Crippen molar-refractivity contribution in [3.8, 4) is 0 Å². The lowest BCUT2D eigenvalue weighted by atomic mass is 10.2. The molecule has 22 heavy (non-hydrogen) atoms. The molecule has 2 heterocycles. The summed E-state index contributed by atoms with van der Waals surface area (Å²) < 4.78 is 3.28. The Balaban J connectivity index is 1.80. The second-order valence-corrected chi connectivity index (χ2v) is 5.28. The number of hydrogen-bond acceptors (Lipinski definition) is 3. The van der Waals surface area contributed by atoms with Gasteiger partial charge in [-0.15, -0.1) is 0 Å². The van der Waals surface area contributed by atoms with Crippen molar-refractivity contribution in [2.24, 2.45) is 14.1 Å². The summed E-state index contributed by atoms with van der Waals surface area (Å²) in [6.07, 6.45) is 1.74. The molecule has 0 bridgehead atoms. The molecule has 0 aliphatic carbocycles. The smallest absolute Gasteiger partial charge is 0.326 e. The van der Waals surface area contributed by atoms with Gasteiger partial charge in [0.25, 0.3) is 5.91 Å². The predicted octanol–water partition coefficient (Wildman–Crippen LogP) is 0.839. The van der Waals surface area contributed by atoms with Crippen molar-refractivity contribution in [3.05, 3.63) is 51.7 Å². The third-order valence-electron chi connectivity index (χ3n) is 3.94. The lowest BCUT2D eigenvalue weighted by molar-refractivity contribution is 0.0951. The van der Waals surface area contributed by atoms with Crippen LogP contribution in [0.25, 0.3) is 11.0 Å². The van der Waals surface area contributed by atoms with E-state index in [0.717, 1.165) is 16.8 Å². The van der Waals surface area contributed by atoms with Crippen LogP contribution in [0.5, 0.6) is 0 Å². The molecule has 3 aromatic rings. The number of carbonyl (C=O) groups excluding carboxylic acids is 1. The summed E-state index contributed by atoms with van der Waals surface area (Å²) >= 11 is 0. The minimum Gasteiger partial charge on any atom is -0.348 e. The molecule has 1 aromatic carbocycles. The molecule has 0 aliphatic heterocycles. The van der Waals surface area contributed by atoms with Crippen LogP contribution in [-0.4, -0.2) is 25.2 Å². The minimum absolute atomic E-state index is 0.185. The van der Waals surface area contributed by atoms with Crippen LogP contribution in [0, 0.1) is 6.92 Å². The number of amides is 1. The van der Waals surface area contributed by atoms with Crippen LogP contribution in [-0.2, 0) is 20.6 Å². The average Bonchev–Trinajstić information content (AvgIpc) is 2.97. The third-order valence-corrected chi connectivity index (χ3v) is 3.94. The average molecular weight is 299 g/mol. The van der Waals surface area contributed by atoms with Crippen LogP contribution in [0.15, 0.2) is 29.2 Å². The van der Waals surface area contributed by atoms with Gasteiger partial charge < -0.3 is 10.3 Å². The Morgan fingerprint density at radius 3 is 2.82 bits per heavy atom. The summed E-state index contributed by atoms with van der Waals surface area (Å²) in [6, 6.07) is 5.15. The van der Waals surface area contributed by atoms with Crippen LogP contribution in [0.2, 0.25) is 0 Å². The van der Waals surface area contributed by atoms with E-state index in [1.807, 2.05) is 14.0 Å². The molecule has 0 saturated carbocycles. The molecule has 0 aliphatic rings. The molecule has 0 spiro atoms. The first-order chi connectivity index (χ1) is 10.5. The van der Waals surface area contributed by atoms with Gasteiger partial charge in [0.15, 0.2) is 0 Å². The lowest BCUT2D eigenvalue weighted by Crippen LogP contribution is -2.23. The fourth-order valence-corrected chi connectivity index (χ4v) is 2.37. The van der Waals surface area contributed by atoms with Crippen molar-refractivity contribution in [3.63, 3.8) is 0 Å². The Hall–Kier alpha value is -2.83. The first-order valence-electron chi connectivity index (χ1n) is 6.92. The molecule has 114 valence electrons. The number of fused-ring (bicyclic) bond motifs is 1. The Bertz CT molecular complexity index is 916. The zero-order valence-corrected chi connectivity index (χ0v) is 12.7. The van der Waals surface area contributed by atoms with Gasteiger partial charge in [-0.1, -0.05) is 0 Å². The van der Waals surface area contributed by atoms with Crippen LogP contribution in [0.1, 0.15) is 21.6 Å². The number of aromatic nitrogens is 4. The summed E-state index contributed by atoms with van der Waals surface area (Å²) in [5.74, 6) is -0.185. The summed E-state index contributed by atoms with van der Waals surface area (Å²) in [5.41, 5.74) is 3.73. The van der Waals surface area contributed by atoms with Crippen molar-refractivity contribution in [1.82, 2.24) is 24.6 Å². The van der Waals surface area contributed by atoms with Crippen LogP contribution >= 0.6 is 0 Å². The molecule has 0 radical (unpaired) electrons. The van der Waals surface area contributed by atoms with E-state index < -0.39 is 0 Å². The van der Waals surface area contributed by atoms with Gasteiger partial charge in [-0.3, -0.25) is 14.0 Å². The van der Waals surface area contributed by atoms with Crippen LogP contribution in [0.4, 0.5) is 0 Å². The molecule has 0 unspecified atom stereocenters. The lowest BCUT2D eigenvalue weighted by Gasteiger charge is -2.05. The maximum Gasteiger partial charge on any atom is 0.326 e. The highest BCUT2D eigenvalue weighted by molar-refractivity contribution is 5.97. The SMILES string of the molecule is Cc1c(CNC(=O)c2ccc3c(c2)[nH]c(=O)n3C)cnn1C. The van der Waals surface area contributed by atoms with Crippen molar-refractivity contribution >= 4 is 16.9 Å². The summed E-state index contributed by atoms with van der Waals surface area (Å²) in [7, 11) is 3.55. The summed E-state index contributed by atoms with van der Waals surface area (Å²) in [6.45, 7) is 2.37. The van der Waals surface area contributed by atoms with E-state index in [1.54, 1.807) is 36.1 Å². The van der Waals surface area contributed by atoms with E-state index in [0.29, 0.717) is 17.6 Å². The van der Waals surface area contributed by atoms with Gasteiger partial charge in [0, 0.05) is 37.5 Å². The Morgan fingerprint density at radius 2 is 2.14 bits per heavy atom. The number of rotatable bonds is 3. The molecule has 1 amide bonds. The van der Waals surface area contributed by atoms with Gasteiger partial charge in [-0.2, -0.15) is 5.10 Å². The molecule has 7 heteroatoms. The number of imidazole rings is 1. The van der Waals surface area contributed by atoms with E-state index in [2.05, 4.69) is 15.4 Å². The molecule has 0 saturated heterocycles. The van der Waals surface area contributed by atoms with Crippen molar-refractivity contribution in [2.45, 2.75) is 13.5 Å². The molecule has 7 nitrogen and oxygen atoms in total. The fourth-order valence-electron chi connectivity index (χ4n) is 2.37. The predicted molar refractivity (Wildman–Crippen MR) is 82.7 cm³/mol. The topological polar surface area (TPSA) is 84.7 Å². The van der Waals surface area contributed by atoms with E-state index in [1.165, 1.54) is 4.57 Å². The highest BCUT2D eigenvalue weighted by Gasteiger charge is 2.10. The molecule has 0 atom stereocenters. The highest BCUT2D eigenvalue weighted by atomic mass is 16.2. The second kappa shape index (κ2) is 5.18. The molecule has 2 aromatic heterocycles. The first kappa shape index (κ1) is 14.1. The monoisotopic (exact) mass is 299 g/mol. The Labute approximate surface area is 126 Å². The molecule has 0 fully saturated rings. The van der Waals surface area contributed by atoms with E-state index in [9.17, 15) is 9.59 Å². The summed E-state index contributed by atoms with van der Waals surface area (Å²) in [5, 5.41) is 7.01. The van der Waals surface area contributed by atoms with Crippen LogP contribution in [0.3, 0.4) is 0 Å². The maximum atomic E-state index is 12.2. The van der Waals surface area contributed by atoms with E-state index >= 15 is 0 Å². The number of hydrogen-bond donors (Lipinski definition) is 2. The largest absolute Gasteiger partial charge is 0.348 e. The fraction of sp³-hybridized carbons (Fsp3) is 0.267. The van der Waals surface area contributed by atoms with E-state index in [4.69, 9.17) is 0 Å². The van der Waals surface area contributed by atoms with Gasteiger partial charge in [-0.05, 0) is 25.1 Å². The Morgan fingerprint density at radius 1 is 1.36 bits per heavy atom. The van der Waals surface area contributed by atoms with Gasteiger partial charge >= 0.3 is 5.69 Å². The third kappa shape index (κ3) is 2.30. The molecular formula is C15H17N5O2. The van der Waals surface area contributed by atoms with Crippen LogP contribution < -0.4 is 11.0 Å². The quantitative estimate of drug-likeness (QED) is 0.751. The minimum atomic E-state index is -0.196. The van der Waals surface area contributed by atoms with Crippen molar-refractivity contribution < 1.29 is 4.79 Å².